The Morgan fingerprint density at radius 3 is 2.57 bits per heavy atom. The van der Waals surface area contributed by atoms with E-state index in [0.717, 1.165) is 11.1 Å². The van der Waals surface area contributed by atoms with Crippen molar-refractivity contribution in [2.24, 2.45) is 0 Å². The number of halogens is 1. The van der Waals surface area contributed by atoms with Gasteiger partial charge in [-0.25, -0.2) is 9.78 Å². The van der Waals surface area contributed by atoms with E-state index in [1.807, 2.05) is 13.0 Å². The molecule has 0 saturated carbocycles. The molecule has 0 amide bonds. The summed E-state index contributed by atoms with van der Waals surface area (Å²) in [5.41, 5.74) is 3.05. The van der Waals surface area contributed by atoms with Gasteiger partial charge in [-0.2, -0.15) is 0 Å². The molecule has 0 aliphatic carbocycles. The number of aromatic carboxylic acids is 1. The number of carboxylic acid groups (broad SMARTS) is 1. The van der Waals surface area contributed by atoms with Crippen LogP contribution in [0.2, 0.25) is 5.02 Å². The first-order chi connectivity index (χ1) is 10.1. The number of nitrogens with zero attached hydrogens (tertiary/aromatic N) is 2. The predicted octanol–water partition coefficient (Wildman–Crippen LogP) is 3.96. The van der Waals surface area contributed by atoms with Crippen molar-refractivity contribution in [1.29, 1.82) is 0 Å². The third kappa shape index (κ3) is 2.34. The highest BCUT2D eigenvalue weighted by molar-refractivity contribution is 6.36. The van der Waals surface area contributed by atoms with E-state index in [1.54, 1.807) is 36.7 Å². The number of aryl methyl sites for hydroxylation is 1. The maximum absolute atomic E-state index is 11.6. The molecule has 0 fully saturated rings. The highest BCUT2D eigenvalue weighted by Crippen LogP contribution is 2.31. The topological polar surface area (TPSA) is 63.1 Å². The van der Waals surface area contributed by atoms with Crippen LogP contribution in [0, 0.1) is 6.92 Å². The van der Waals surface area contributed by atoms with Crippen LogP contribution in [-0.2, 0) is 0 Å². The molecule has 5 heteroatoms. The molecule has 0 radical (unpaired) electrons. The van der Waals surface area contributed by atoms with Gasteiger partial charge in [0.2, 0.25) is 0 Å². The second-order valence-electron chi connectivity index (χ2n) is 4.68. The molecular weight excluding hydrogens is 288 g/mol. The van der Waals surface area contributed by atoms with Gasteiger partial charge < -0.3 is 5.11 Å². The molecule has 104 valence electrons. The molecule has 2 aromatic heterocycles. The molecule has 3 rings (SSSR count). The number of hydrogen-bond donors (Lipinski definition) is 1. The van der Waals surface area contributed by atoms with Gasteiger partial charge in [-0.05, 0) is 36.8 Å². The molecule has 0 aliphatic heterocycles. The molecule has 4 nitrogen and oxygen atoms in total. The van der Waals surface area contributed by atoms with Gasteiger partial charge in [-0.15, -0.1) is 0 Å². The summed E-state index contributed by atoms with van der Waals surface area (Å²) < 4.78 is 0. The lowest BCUT2D eigenvalue weighted by Crippen LogP contribution is -2.01. The van der Waals surface area contributed by atoms with Gasteiger partial charge in [0.25, 0.3) is 0 Å². The first-order valence-electron chi connectivity index (χ1n) is 6.31. The van der Waals surface area contributed by atoms with Gasteiger partial charge in [0.05, 0.1) is 21.8 Å². The maximum atomic E-state index is 11.6. The third-order valence-corrected chi connectivity index (χ3v) is 3.63. The molecule has 0 spiro atoms. The Hall–Kier alpha value is -2.46. The quantitative estimate of drug-likeness (QED) is 0.778. The second kappa shape index (κ2) is 5.14. The fraction of sp³-hybridized carbons (Fsp3) is 0.0625. The average molecular weight is 299 g/mol. The van der Waals surface area contributed by atoms with E-state index in [2.05, 4.69) is 9.97 Å². The van der Waals surface area contributed by atoms with Gasteiger partial charge >= 0.3 is 5.97 Å². The molecule has 0 unspecified atom stereocenters. The number of benzene rings is 1. The Morgan fingerprint density at radius 1 is 1.19 bits per heavy atom. The minimum absolute atomic E-state index is 0.153. The monoisotopic (exact) mass is 298 g/mol. The van der Waals surface area contributed by atoms with Gasteiger partial charge in [0, 0.05) is 23.3 Å². The molecule has 0 aliphatic rings. The molecule has 1 N–H and O–H groups in total. The lowest BCUT2D eigenvalue weighted by atomic mass is 10.0. The number of hydrogen-bond acceptors (Lipinski definition) is 3. The van der Waals surface area contributed by atoms with Crippen LogP contribution in [0.3, 0.4) is 0 Å². The smallest absolute Gasteiger partial charge is 0.336 e. The molecular formula is C16H11ClN2O2. The summed E-state index contributed by atoms with van der Waals surface area (Å²) in [5, 5.41) is 10.3. The summed E-state index contributed by atoms with van der Waals surface area (Å²) in [6.45, 7) is 1.88. The summed E-state index contributed by atoms with van der Waals surface area (Å²) in [5.74, 6) is -1.02. The largest absolute Gasteiger partial charge is 0.478 e. The number of carbonyl (C=O) groups is 1. The Bertz CT molecular complexity index is 848. The SMILES string of the molecule is Cc1ccc(Cl)c2c(C(=O)O)cc(-c3ccncc3)nc12. The van der Waals surface area contributed by atoms with Crippen LogP contribution in [0.15, 0.2) is 42.7 Å². The number of rotatable bonds is 2. The highest BCUT2D eigenvalue weighted by atomic mass is 35.5. The summed E-state index contributed by atoms with van der Waals surface area (Å²) >= 11 is 6.16. The lowest BCUT2D eigenvalue weighted by molar-refractivity contribution is 0.0699. The minimum Gasteiger partial charge on any atom is -0.478 e. The van der Waals surface area contributed by atoms with Crippen LogP contribution < -0.4 is 0 Å². The third-order valence-electron chi connectivity index (χ3n) is 3.32. The molecule has 2 heterocycles. The number of fused-ring (bicyclic) bond motifs is 1. The summed E-state index contributed by atoms with van der Waals surface area (Å²) in [6, 6.07) is 8.66. The van der Waals surface area contributed by atoms with Crippen molar-refractivity contribution in [2.45, 2.75) is 6.92 Å². The lowest BCUT2D eigenvalue weighted by Gasteiger charge is -2.10. The average Bonchev–Trinajstić information content (AvgIpc) is 2.51. The van der Waals surface area contributed by atoms with Crippen molar-refractivity contribution in [3.05, 3.63) is 58.9 Å². The van der Waals surface area contributed by atoms with Crippen LogP contribution in [0.5, 0.6) is 0 Å². The number of carboxylic acids is 1. The fourth-order valence-corrected chi connectivity index (χ4v) is 2.53. The zero-order valence-corrected chi connectivity index (χ0v) is 11.9. The Labute approximate surface area is 126 Å². The Balaban J connectivity index is 2.41. The van der Waals surface area contributed by atoms with Gasteiger partial charge in [0.1, 0.15) is 0 Å². The van der Waals surface area contributed by atoms with Gasteiger partial charge in [0.15, 0.2) is 0 Å². The van der Waals surface area contributed by atoms with Crippen molar-refractivity contribution in [3.63, 3.8) is 0 Å². The van der Waals surface area contributed by atoms with E-state index in [1.165, 1.54) is 0 Å². The molecule has 3 aromatic rings. The van der Waals surface area contributed by atoms with E-state index in [-0.39, 0.29) is 5.56 Å². The van der Waals surface area contributed by atoms with Crippen LogP contribution in [-0.4, -0.2) is 21.0 Å². The Kier molecular flexibility index (Phi) is 3.31. The van der Waals surface area contributed by atoms with E-state index in [9.17, 15) is 9.90 Å². The molecule has 0 saturated heterocycles. The number of aromatic nitrogens is 2. The normalized spacial score (nSPS) is 10.8. The predicted molar refractivity (Wildman–Crippen MR) is 81.7 cm³/mol. The zero-order chi connectivity index (χ0) is 15.0. The van der Waals surface area contributed by atoms with E-state index < -0.39 is 5.97 Å². The van der Waals surface area contributed by atoms with Crippen molar-refractivity contribution < 1.29 is 9.90 Å². The summed E-state index contributed by atoms with van der Waals surface area (Å²) in [7, 11) is 0. The molecule has 0 bridgehead atoms. The first kappa shape index (κ1) is 13.5. The van der Waals surface area contributed by atoms with Crippen LogP contribution in [0.1, 0.15) is 15.9 Å². The summed E-state index contributed by atoms with van der Waals surface area (Å²) in [4.78, 5) is 20.1. The van der Waals surface area contributed by atoms with Gasteiger partial charge in [-0.1, -0.05) is 17.7 Å². The molecule has 1 aromatic carbocycles. The maximum Gasteiger partial charge on any atom is 0.336 e. The molecule has 21 heavy (non-hydrogen) atoms. The first-order valence-corrected chi connectivity index (χ1v) is 6.69. The van der Waals surface area contributed by atoms with E-state index >= 15 is 0 Å². The Morgan fingerprint density at radius 2 is 1.90 bits per heavy atom. The standard InChI is InChI=1S/C16H11ClN2O2/c1-9-2-3-12(17)14-11(16(20)21)8-13(19-15(9)14)10-4-6-18-7-5-10/h2-8H,1H3,(H,20,21). The van der Waals surface area contributed by atoms with Gasteiger partial charge in [-0.3, -0.25) is 4.98 Å². The fourth-order valence-electron chi connectivity index (χ4n) is 2.27. The van der Waals surface area contributed by atoms with Crippen LogP contribution >= 0.6 is 11.6 Å². The second-order valence-corrected chi connectivity index (χ2v) is 5.09. The summed E-state index contributed by atoms with van der Waals surface area (Å²) in [6.07, 6.45) is 3.29. The van der Waals surface area contributed by atoms with Crippen LogP contribution in [0.4, 0.5) is 0 Å². The minimum atomic E-state index is -1.02. The van der Waals surface area contributed by atoms with E-state index in [4.69, 9.17) is 11.6 Å². The van der Waals surface area contributed by atoms with Crippen LogP contribution in [0.25, 0.3) is 22.2 Å². The highest BCUT2D eigenvalue weighted by Gasteiger charge is 2.16. The van der Waals surface area contributed by atoms with Crippen molar-refractivity contribution in [1.82, 2.24) is 9.97 Å². The van der Waals surface area contributed by atoms with Crippen molar-refractivity contribution in [3.8, 4) is 11.3 Å². The molecule has 0 atom stereocenters. The number of pyridine rings is 2. The van der Waals surface area contributed by atoms with E-state index in [0.29, 0.717) is 21.6 Å². The zero-order valence-electron chi connectivity index (χ0n) is 11.2. The van der Waals surface area contributed by atoms with Crippen molar-refractivity contribution in [2.75, 3.05) is 0 Å². The van der Waals surface area contributed by atoms with Crippen molar-refractivity contribution >= 4 is 28.5 Å².